The van der Waals surface area contributed by atoms with Gasteiger partial charge in [-0.25, -0.2) is 22.0 Å². The third kappa shape index (κ3) is 7.92. The third-order valence-electron chi connectivity index (χ3n) is 12.4. The molecule has 3 N–H and O–H groups in total. The van der Waals surface area contributed by atoms with Crippen molar-refractivity contribution >= 4 is 27.5 Å². The molecule has 5 aliphatic rings. The summed E-state index contributed by atoms with van der Waals surface area (Å²) < 4.78 is 60.0. The second-order valence-corrected chi connectivity index (χ2v) is 18.4. The Bertz CT molecular complexity index is 1770. The number of anilines is 1. The van der Waals surface area contributed by atoms with Crippen LogP contribution in [0.5, 0.6) is 0 Å². The maximum atomic E-state index is 14.9. The zero-order chi connectivity index (χ0) is 37.5. The lowest BCUT2D eigenvalue weighted by atomic mass is 9.58. The molecule has 5 fully saturated rings. The van der Waals surface area contributed by atoms with E-state index in [1.165, 1.54) is 20.1 Å². The maximum Gasteiger partial charge on any atom is 0.407 e. The van der Waals surface area contributed by atoms with Gasteiger partial charge in [0.15, 0.2) is 9.84 Å². The lowest BCUT2D eigenvalue weighted by Gasteiger charge is -2.53. The largest absolute Gasteiger partial charge is 0.453 e. The zero-order valence-electron chi connectivity index (χ0n) is 30.7. The van der Waals surface area contributed by atoms with Crippen LogP contribution in [0, 0.1) is 17.7 Å². The van der Waals surface area contributed by atoms with E-state index in [4.69, 9.17) is 4.74 Å². The Labute approximate surface area is 311 Å². The number of rotatable bonds is 13. The van der Waals surface area contributed by atoms with Gasteiger partial charge in [0.25, 0.3) is 0 Å². The average Bonchev–Trinajstić information content (AvgIpc) is 3.87. The molecule has 3 saturated heterocycles. The monoisotopic (exact) mass is 757 g/mol. The van der Waals surface area contributed by atoms with E-state index in [0.29, 0.717) is 82.2 Å². The van der Waals surface area contributed by atoms with Crippen LogP contribution >= 0.6 is 0 Å². The van der Waals surface area contributed by atoms with Crippen molar-refractivity contribution in [3.63, 3.8) is 0 Å². The first-order valence-corrected chi connectivity index (χ1v) is 20.6. The van der Waals surface area contributed by atoms with Crippen molar-refractivity contribution in [1.29, 1.82) is 0 Å². The molecule has 0 spiro atoms. The standard InChI is InChI=1S/C39H53F2N5O6S/c1-26(47)42-22-39(29-5-3-6-30(40)18-29,34-7-4-8-35(34)43-37(48)52-2)28-13-15-44(16-14-28)23-38(49)24-46(25-38)32-9-12-36(53(50,51)33-10-11-33)27(17-32)19-45-20-31(41)21-45/h3,5-6,9,12,17-18,28,31,33-35,49H,4,7-8,10-11,13-16,19-25H2,1-2H3,(H,42,47)(H,43,48)/t34-,35-,39-/m0/s1. The third-order valence-corrected chi connectivity index (χ3v) is 14.8. The van der Waals surface area contributed by atoms with Gasteiger partial charge < -0.3 is 30.3 Å². The highest BCUT2D eigenvalue weighted by Crippen LogP contribution is 2.50. The first-order valence-electron chi connectivity index (χ1n) is 19.1. The number of aliphatic hydroxyl groups is 1. The van der Waals surface area contributed by atoms with E-state index in [9.17, 15) is 31.9 Å². The molecule has 2 aromatic carbocycles. The van der Waals surface area contributed by atoms with Crippen LogP contribution in [0.15, 0.2) is 47.4 Å². The van der Waals surface area contributed by atoms with Gasteiger partial charge in [-0.3, -0.25) is 9.69 Å². The van der Waals surface area contributed by atoms with Crippen LogP contribution in [-0.4, -0.2) is 118 Å². The molecular formula is C39H53F2N5O6S. The summed E-state index contributed by atoms with van der Waals surface area (Å²) in [4.78, 5) is 31.4. The predicted molar refractivity (Wildman–Crippen MR) is 197 cm³/mol. The second kappa shape index (κ2) is 15.1. The Morgan fingerprint density at radius 2 is 1.75 bits per heavy atom. The highest BCUT2D eigenvalue weighted by Gasteiger charge is 2.53. The molecule has 2 aromatic rings. The number of sulfone groups is 1. The van der Waals surface area contributed by atoms with Crippen molar-refractivity contribution in [3.05, 3.63) is 59.4 Å². The number of nitrogens with one attached hydrogen (secondary N) is 2. The van der Waals surface area contributed by atoms with E-state index in [1.54, 1.807) is 18.2 Å². The number of methoxy groups -OCH3 is 1. The molecule has 53 heavy (non-hydrogen) atoms. The van der Waals surface area contributed by atoms with Gasteiger partial charge in [-0.1, -0.05) is 18.6 Å². The molecule has 3 heterocycles. The summed E-state index contributed by atoms with van der Waals surface area (Å²) in [7, 11) is -2.09. The van der Waals surface area contributed by atoms with Crippen molar-refractivity contribution in [2.45, 2.75) is 91.8 Å². The topological polar surface area (TPSA) is 132 Å². The van der Waals surface area contributed by atoms with Gasteiger partial charge in [-0.2, -0.15) is 0 Å². The predicted octanol–water partition coefficient (Wildman–Crippen LogP) is 3.78. The average molecular weight is 758 g/mol. The van der Waals surface area contributed by atoms with Crippen molar-refractivity contribution in [2.24, 2.45) is 11.8 Å². The number of hydrogen-bond donors (Lipinski definition) is 3. The quantitative estimate of drug-likeness (QED) is 0.280. The van der Waals surface area contributed by atoms with Gasteiger partial charge in [-0.05, 0) is 105 Å². The highest BCUT2D eigenvalue weighted by atomic mass is 32.2. The summed E-state index contributed by atoms with van der Waals surface area (Å²) in [5, 5.41) is 17.5. The number of piperidine rings is 1. The van der Waals surface area contributed by atoms with E-state index >= 15 is 0 Å². The van der Waals surface area contributed by atoms with Crippen LogP contribution in [0.2, 0.25) is 0 Å². The molecule has 290 valence electrons. The molecule has 0 aromatic heterocycles. The van der Waals surface area contributed by atoms with Crippen LogP contribution < -0.4 is 15.5 Å². The van der Waals surface area contributed by atoms with E-state index < -0.39 is 33.1 Å². The second-order valence-electron chi connectivity index (χ2n) is 16.2. The number of alkyl halides is 1. The van der Waals surface area contributed by atoms with Crippen molar-refractivity contribution < 1.29 is 36.6 Å². The molecule has 11 nitrogen and oxygen atoms in total. The minimum atomic E-state index is -3.43. The van der Waals surface area contributed by atoms with Gasteiger partial charge in [-0.15, -0.1) is 0 Å². The first kappa shape index (κ1) is 38.0. The number of ether oxygens (including phenoxy) is 1. The minimum absolute atomic E-state index is 0.0629. The van der Waals surface area contributed by atoms with Gasteiger partial charge in [0, 0.05) is 69.9 Å². The molecule has 3 atom stereocenters. The Kier molecular flexibility index (Phi) is 10.8. The molecule has 0 unspecified atom stereocenters. The van der Waals surface area contributed by atoms with E-state index in [0.717, 1.165) is 43.4 Å². The molecule has 2 amide bonds. The van der Waals surface area contributed by atoms with Gasteiger partial charge in [0.05, 0.1) is 17.3 Å². The number of carbonyl (C=O) groups excluding carboxylic acids is 2. The lowest BCUT2D eigenvalue weighted by molar-refractivity contribution is -0.119. The Morgan fingerprint density at radius 3 is 2.40 bits per heavy atom. The van der Waals surface area contributed by atoms with Crippen molar-refractivity contribution in [1.82, 2.24) is 20.4 Å². The summed E-state index contributed by atoms with van der Waals surface area (Å²) in [6.45, 7) is 5.45. The normalized spacial score (nSPS) is 25.3. The SMILES string of the molecule is COC(=O)N[C@H]1CCC[C@@H]1[C@](CNC(C)=O)(c1cccc(F)c1)C1CCN(CC2(O)CN(c3ccc(S(=O)(=O)C4CC4)c(CN4CC(F)C4)c3)C2)CC1. The number of benzene rings is 2. The van der Waals surface area contributed by atoms with E-state index in [2.05, 4.69) is 20.4 Å². The molecule has 14 heteroatoms. The fourth-order valence-corrected chi connectivity index (χ4v) is 11.6. The van der Waals surface area contributed by atoms with E-state index in [-0.39, 0.29) is 34.9 Å². The lowest BCUT2D eigenvalue weighted by Crippen LogP contribution is -2.67. The Morgan fingerprint density at radius 1 is 1.02 bits per heavy atom. The molecule has 0 radical (unpaired) electrons. The molecule has 3 aliphatic heterocycles. The number of alkyl carbamates (subject to hydrolysis) is 1. The number of likely N-dealkylation sites (tertiary alicyclic amines) is 2. The van der Waals surface area contributed by atoms with Crippen LogP contribution in [0.4, 0.5) is 19.3 Å². The molecule has 2 saturated carbocycles. The van der Waals surface area contributed by atoms with Gasteiger partial charge in [0.2, 0.25) is 5.91 Å². The molecule has 2 aliphatic carbocycles. The van der Waals surface area contributed by atoms with Gasteiger partial charge >= 0.3 is 6.09 Å². The maximum absolute atomic E-state index is 14.9. The molecular weight excluding hydrogens is 705 g/mol. The summed E-state index contributed by atoms with van der Waals surface area (Å²) >= 11 is 0. The summed E-state index contributed by atoms with van der Waals surface area (Å²) in [5.74, 6) is -0.519. The Hall–Kier alpha value is -3.33. The fourth-order valence-electron chi connectivity index (χ4n) is 9.71. The minimum Gasteiger partial charge on any atom is -0.453 e. The number of hydrogen-bond acceptors (Lipinski definition) is 9. The van der Waals surface area contributed by atoms with E-state index in [1.807, 2.05) is 23.1 Å². The van der Waals surface area contributed by atoms with Crippen LogP contribution in [-0.2, 0) is 31.3 Å². The smallest absolute Gasteiger partial charge is 0.407 e. The number of carbonyl (C=O) groups is 2. The van der Waals surface area contributed by atoms with Crippen molar-refractivity contribution in [2.75, 3.05) is 64.4 Å². The highest BCUT2D eigenvalue weighted by molar-refractivity contribution is 7.92. The van der Waals surface area contributed by atoms with Gasteiger partial charge in [0.1, 0.15) is 17.6 Å². The Balaban J connectivity index is 1.05. The first-order chi connectivity index (χ1) is 25.3. The number of nitrogens with zero attached hydrogens (tertiary/aromatic N) is 3. The fraction of sp³-hybridized carbons (Fsp3) is 0.641. The summed E-state index contributed by atoms with van der Waals surface area (Å²) in [6, 6.07) is 11.9. The number of halogens is 2. The van der Waals surface area contributed by atoms with Crippen LogP contribution in [0.3, 0.4) is 0 Å². The summed E-state index contributed by atoms with van der Waals surface area (Å²) in [5.41, 5.74) is 0.743. The summed E-state index contributed by atoms with van der Waals surface area (Å²) in [6.07, 6.45) is 3.93. The van der Waals surface area contributed by atoms with Crippen LogP contribution in [0.1, 0.15) is 63.0 Å². The number of β-amino-alcohol motifs (C(OH)–C–C–N with tert-alkyl or cyclic N) is 1. The molecule has 0 bridgehead atoms. The van der Waals surface area contributed by atoms with Crippen LogP contribution in [0.25, 0.3) is 0 Å². The van der Waals surface area contributed by atoms with Crippen molar-refractivity contribution in [3.8, 4) is 0 Å². The number of amides is 2. The molecule has 7 rings (SSSR count). The zero-order valence-corrected chi connectivity index (χ0v) is 31.6.